The van der Waals surface area contributed by atoms with E-state index in [9.17, 15) is 0 Å². The number of unbranched alkanes of at least 4 members (excludes halogenated alkanes) is 2. The highest BCUT2D eigenvalue weighted by Crippen LogP contribution is 2.03. The molecule has 0 unspecified atom stereocenters. The first-order valence-corrected chi connectivity index (χ1v) is 4.43. The molecule has 0 saturated heterocycles. The van der Waals surface area contributed by atoms with Gasteiger partial charge >= 0.3 is 0 Å². The third kappa shape index (κ3) is 7.40. The highest BCUT2D eigenvalue weighted by molar-refractivity contribution is 4.89. The van der Waals surface area contributed by atoms with Gasteiger partial charge in [-0.1, -0.05) is 13.0 Å². The molecule has 0 heterocycles. The third-order valence-electron chi connectivity index (χ3n) is 1.61. The first-order valence-electron chi connectivity index (χ1n) is 4.43. The van der Waals surface area contributed by atoms with E-state index in [0.717, 1.165) is 31.6 Å². The lowest BCUT2D eigenvalue weighted by Gasteiger charge is -2.05. The average molecular weight is 156 g/mol. The standard InChI is InChI=1S/C9H20N2/c1-3-11-9(2)7-5-4-6-8-10/h11H,2-8,10H2,1H3. The molecule has 0 aromatic carbocycles. The first kappa shape index (κ1) is 10.5. The Kier molecular flexibility index (Phi) is 7.26. The van der Waals surface area contributed by atoms with Gasteiger partial charge in [0.1, 0.15) is 0 Å². The van der Waals surface area contributed by atoms with Crippen molar-refractivity contribution in [1.29, 1.82) is 0 Å². The molecule has 0 spiro atoms. The monoisotopic (exact) mass is 156 g/mol. The van der Waals surface area contributed by atoms with Crippen LogP contribution in [0.15, 0.2) is 12.3 Å². The van der Waals surface area contributed by atoms with Crippen molar-refractivity contribution in [2.45, 2.75) is 32.6 Å². The first-order chi connectivity index (χ1) is 5.31. The van der Waals surface area contributed by atoms with Crippen molar-refractivity contribution in [2.24, 2.45) is 5.73 Å². The van der Waals surface area contributed by atoms with Gasteiger partial charge in [0.2, 0.25) is 0 Å². The molecule has 0 fully saturated rings. The van der Waals surface area contributed by atoms with Gasteiger partial charge < -0.3 is 11.1 Å². The molecule has 2 heteroatoms. The lowest BCUT2D eigenvalue weighted by atomic mass is 10.1. The zero-order valence-corrected chi connectivity index (χ0v) is 7.53. The van der Waals surface area contributed by atoms with Crippen LogP contribution in [0, 0.1) is 0 Å². The fourth-order valence-electron chi connectivity index (χ4n) is 0.998. The van der Waals surface area contributed by atoms with E-state index in [1.165, 1.54) is 12.8 Å². The summed E-state index contributed by atoms with van der Waals surface area (Å²) in [6.07, 6.45) is 4.66. The molecule has 0 rings (SSSR count). The summed E-state index contributed by atoms with van der Waals surface area (Å²) in [6, 6.07) is 0. The quantitative estimate of drug-likeness (QED) is 0.550. The van der Waals surface area contributed by atoms with Gasteiger partial charge in [0.05, 0.1) is 0 Å². The molecule has 0 atom stereocenters. The van der Waals surface area contributed by atoms with Crippen LogP contribution < -0.4 is 11.1 Å². The van der Waals surface area contributed by atoms with Gasteiger partial charge in [-0.15, -0.1) is 0 Å². The lowest BCUT2D eigenvalue weighted by Crippen LogP contribution is -2.10. The molecule has 0 aliphatic heterocycles. The Morgan fingerprint density at radius 3 is 2.64 bits per heavy atom. The minimum Gasteiger partial charge on any atom is -0.389 e. The summed E-state index contributed by atoms with van der Waals surface area (Å²) in [6.45, 7) is 7.78. The largest absolute Gasteiger partial charge is 0.389 e. The molecule has 3 N–H and O–H groups in total. The van der Waals surface area contributed by atoms with Crippen LogP contribution in [-0.4, -0.2) is 13.1 Å². The van der Waals surface area contributed by atoms with Crippen LogP contribution in [0.3, 0.4) is 0 Å². The Bertz CT molecular complexity index is 99.7. The summed E-state index contributed by atoms with van der Waals surface area (Å²) in [5.41, 5.74) is 6.52. The number of nitrogens with two attached hydrogens (primary N) is 1. The number of rotatable bonds is 7. The Morgan fingerprint density at radius 2 is 2.09 bits per heavy atom. The van der Waals surface area contributed by atoms with Gasteiger partial charge in [-0.3, -0.25) is 0 Å². The second kappa shape index (κ2) is 7.61. The van der Waals surface area contributed by atoms with E-state index in [-0.39, 0.29) is 0 Å². The summed E-state index contributed by atoms with van der Waals surface area (Å²) in [4.78, 5) is 0. The molecule has 0 radical (unpaired) electrons. The number of nitrogens with one attached hydrogen (secondary N) is 1. The highest BCUT2D eigenvalue weighted by Gasteiger charge is 1.91. The fraction of sp³-hybridized carbons (Fsp3) is 0.778. The number of hydrogen-bond donors (Lipinski definition) is 2. The van der Waals surface area contributed by atoms with Gasteiger partial charge in [-0.2, -0.15) is 0 Å². The highest BCUT2D eigenvalue weighted by atomic mass is 14.9. The second-order valence-corrected chi connectivity index (χ2v) is 2.73. The minimum absolute atomic E-state index is 0.813. The predicted octanol–water partition coefficient (Wildman–Crippen LogP) is 1.63. The van der Waals surface area contributed by atoms with Crippen molar-refractivity contribution in [3.63, 3.8) is 0 Å². The van der Waals surface area contributed by atoms with Crippen molar-refractivity contribution in [2.75, 3.05) is 13.1 Å². The van der Waals surface area contributed by atoms with E-state index in [2.05, 4.69) is 18.8 Å². The summed E-state index contributed by atoms with van der Waals surface area (Å²) < 4.78 is 0. The van der Waals surface area contributed by atoms with Crippen LogP contribution in [-0.2, 0) is 0 Å². The van der Waals surface area contributed by atoms with Crippen LogP contribution in [0.2, 0.25) is 0 Å². The maximum Gasteiger partial charge on any atom is 0.0115 e. The van der Waals surface area contributed by atoms with E-state index in [1.807, 2.05) is 0 Å². The average Bonchev–Trinajstić information content (AvgIpc) is 1.99. The summed E-state index contributed by atoms with van der Waals surface area (Å²) in [5.74, 6) is 0. The fourth-order valence-corrected chi connectivity index (χ4v) is 0.998. The van der Waals surface area contributed by atoms with Crippen LogP contribution in [0.4, 0.5) is 0 Å². The van der Waals surface area contributed by atoms with Gasteiger partial charge in [-0.25, -0.2) is 0 Å². The predicted molar refractivity (Wildman–Crippen MR) is 50.3 cm³/mol. The SMILES string of the molecule is C=C(CCCCCN)NCC. The van der Waals surface area contributed by atoms with E-state index in [1.54, 1.807) is 0 Å². The Balaban J connectivity index is 3.04. The van der Waals surface area contributed by atoms with Crippen LogP contribution >= 0.6 is 0 Å². The van der Waals surface area contributed by atoms with Gasteiger partial charge in [0.25, 0.3) is 0 Å². The van der Waals surface area contributed by atoms with Crippen molar-refractivity contribution in [3.8, 4) is 0 Å². The van der Waals surface area contributed by atoms with E-state index >= 15 is 0 Å². The molecule has 0 aliphatic carbocycles. The van der Waals surface area contributed by atoms with E-state index in [4.69, 9.17) is 5.73 Å². The lowest BCUT2D eigenvalue weighted by molar-refractivity contribution is 0.657. The number of hydrogen-bond acceptors (Lipinski definition) is 2. The Morgan fingerprint density at radius 1 is 1.36 bits per heavy atom. The van der Waals surface area contributed by atoms with E-state index < -0.39 is 0 Å². The molecule has 66 valence electrons. The van der Waals surface area contributed by atoms with Crippen LogP contribution in [0.5, 0.6) is 0 Å². The third-order valence-corrected chi connectivity index (χ3v) is 1.61. The summed E-state index contributed by atoms with van der Waals surface area (Å²) in [7, 11) is 0. The normalized spacial score (nSPS) is 9.64. The molecule has 2 nitrogen and oxygen atoms in total. The Hall–Kier alpha value is -0.500. The van der Waals surface area contributed by atoms with Crippen molar-refractivity contribution >= 4 is 0 Å². The summed E-state index contributed by atoms with van der Waals surface area (Å²) in [5, 5.41) is 3.20. The number of allylic oxidation sites excluding steroid dienone is 1. The van der Waals surface area contributed by atoms with Crippen molar-refractivity contribution in [1.82, 2.24) is 5.32 Å². The zero-order chi connectivity index (χ0) is 8.53. The van der Waals surface area contributed by atoms with E-state index in [0.29, 0.717) is 0 Å². The maximum atomic E-state index is 5.37. The molecule has 0 aromatic heterocycles. The molecule has 11 heavy (non-hydrogen) atoms. The van der Waals surface area contributed by atoms with Gasteiger partial charge in [0, 0.05) is 12.2 Å². The molecular weight excluding hydrogens is 136 g/mol. The van der Waals surface area contributed by atoms with Gasteiger partial charge in [-0.05, 0) is 32.7 Å². The molecule has 0 saturated carbocycles. The smallest absolute Gasteiger partial charge is 0.0115 e. The van der Waals surface area contributed by atoms with Crippen LogP contribution in [0.25, 0.3) is 0 Å². The molecule has 0 bridgehead atoms. The second-order valence-electron chi connectivity index (χ2n) is 2.73. The molecule has 0 aliphatic rings. The maximum absolute atomic E-state index is 5.37. The Labute approximate surface area is 69.9 Å². The molecular formula is C9H20N2. The van der Waals surface area contributed by atoms with Crippen LogP contribution in [0.1, 0.15) is 32.6 Å². The van der Waals surface area contributed by atoms with Crippen molar-refractivity contribution < 1.29 is 0 Å². The summed E-state index contributed by atoms with van der Waals surface area (Å²) >= 11 is 0. The minimum atomic E-state index is 0.813. The molecule has 0 amide bonds. The molecule has 0 aromatic rings. The van der Waals surface area contributed by atoms with Crippen molar-refractivity contribution in [3.05, 3.63) is 12.3 Å². The zero-order valence-electron chi connectivity index (χ0n) is 7.53. The topological polar surface area (TPSA) is 38.0 Å². The van der Waals surface area contributed by atoms with Gasteiger partial charge in [0.15, 0.2) is 0 Å².